The van der Waals surface area contributed by atoms with E-state index in [1.54, 1.807) is 6.07 Å². The van der Waals surface area contributed by atoms with Gasteiger partial charge in [0.25, 0.3) is 0 Å². The second-order valence-corrected chi connectivity index (χ2v) is 3.32. The maximum absolute atomic E-state index is 8.59. The standard InChI is InChI=1S/C10H13ClN3.4ClH.Zn/c1-3-14(4-2)8-5-6-10(13-12)9(11)7-8;;;;;/h5-7H,3-4H2,1-2H3;4*1H;/q+1;;;;;+2/p-4. The average Bonchev–Trinajstić information content (AvgIpc) is 2.20. The molecule has 0 saturated heterocycles. The molecule has 0 aromatic heterocycles. The van der Waals surface area contributed by atoms with Gasteiger partial charge >= 0.3 is 25.2 Å². The van der Waals surface area contributed by atoms with Crippen LogP contribution in [-0.4, -0.2) is 13.1 Å². The third-order valence-electron chi connectivity index (χ3n) is 2.17. The molecule has 0 fully saturated rings. The van der Waals surface area contributed by atoms with Crippen molar-refractivity contribution in [1.29, 1.82) is 5.39 Å². The Morgan fingerprint density at radius 3 is 1.89 bits per heavy atom. The molecule has 9 heteroatoms. The average molecular weight is 418 g/mol. The minimum atomic E-state index is 0. The van der Waals surface area contributed by atoms with Gasteiger partial charge in [0.2, 0.25) is 5.39 Å². The number of hydrogen-bond acceptors (Lipinski definition) is 2. The van der Waals surface area contributed by atoms with Crippen LogP contribution in [0.25, 0.3) is 4.98 Å². The molecule has 0 aliphatic carbocycles. The molecule has 3 nitrogen and oxygen atoms in total. The summed E-state index contributed by atoms with van der Waals surface area (Å²) in [6, 6.07) is 5.41. The second-order valence-electron chi connectivity index (χ2n) is 2.91. The van der Waals surface area contributed by atoms with Gasteiger partial charge in [-0.25, -0.2) is 0 Å². The van der Waals surface area contributed by atoms with Gasteiger partial charge in [-0.3, -0.25) is 0 Å². The fraction of sp³-hybridized carbons (Fsp3) is 0.400. The zero-order chi connectivity index (χ0) is 10.6. The second kappa shape index (κ2) is 16.6. The quantitative estimate of drug-likeness (QED) is 0.361. The van der Waals surface area contributed by atoms with Crippen LogP contribution in [0.1, 0.15) is 13.8 Å². The number of diazo groups is 1. The SMILES string of the molecule is CCN(CC)c1ccc([N+]#N)c(Cl)c1.[Cl-].[Cl-].[Cl-].[Cl-].[Zn+2]. The van der Waals surface area contributed by atoms with E-state index in [2.05, 4.69) is 23.7 Å². The predicted molar refractivity (Wildman–Crippen MR) is 59.8 cm³/mol. The Morgan fingerprint density at radius 1 is 1.11 bits per heavy atom. The number of hydrogen-bond donors (Lipinski definition) is 0. The van der Waals surface area contributed by atoms with Gasteiger partial charge in [0.1, 0.15) is 5.02 Å². The summed E-state index contributed by atoms with van der Waals surface area (Å²) in [5.74, 6) is 0. The molecule has 0 atom stereocenters. The summed E-state index contributed by atoms with van der Waals surface area (Å²) >= 11 is 5.91. The number of rotatable bonds is 3. The van der Waals surface area contributed by atoms with Crippen LogP contribution in [-0.2, 0) is 19.5 Å². The molecular formula is C10H13Cl5N3Zn-. The summed E-state index contributed by atoms with van der Waals surface area (Å²) in [6.07, 6.45) is 0. The van der Waals surface area contributed by atoms with Crippen molar-refractivity contribution in [1.82, 2.24) is 0 Å². The van der Waals surface area contributed by atoms with Crippen LogP contribution in [0, 0.1) is 5.39 Å². The van der Waals surface area contributed by atoms with Gasteiger partial charge in [-0.05, 0) is 26.0 Å². The molecule has 0 radical (unpaired) electrons. The van der Waals surface area contributed by atoms with Crippen molar-refractivity contribution in [3.63, 3.8) is 0 Å². The van der Waals surface area contributed by atoms with Crippen molar-refractivity contribution in [3.8, 4) is 0 Å². The number of anilines is 1. The zero-order valence-electron chi connectivity index (χ0n) is 10.6. The first kappa shape index (κ1) is 31.8. The molecule has 0 saturated carbocycles. The van der Waals surface area contributed by atoms with E-state index in [0.29, 0.717) is 10.7 Å². The van der Waals surface area contributed by atoms with Crippen LogP contribution in [0.2, 0.25) is 5.02 Å². The molecule has 0 heterocycles. The van der Waals surface area contributed by atoms with Crippen LogP contribution >= 0.6 is 11.6 Å². The molecule has 0 bridgehead atoms. The molecule has 0 amide bonds. The maximum Gasteiger partial charge on any atom is 2.00 e. The van der Waals surface area contributed by atoms with E-state index in [1.165, 1.54) is 0 Å². The van der Waals surface area contributed by atoms with E-state index < -0.39 is 0 Å². The van der Waals surface area contributed by atoms with Crippen LogP contribution in [0.5, 0.6) is 0 Å². The number of benzene rings is 1. The van der Waals surface area contributed by atoms with E-state index >= 15 is 0 Å². The van der Waals surface area contributed by atoms with Crippen molar-refractivity contribution in [2.75, 3.05) is 18.0 Å². The molecule has 1 aromatic rings. The Hall–Kier alpha value is 0.513. The summed E-state index contributed by atoms with van der Waals surface area (Å²) in [5.41, 5.74) is 1.45. The third-order valence-corrected chi connectivity index (χ3v) is 2.47. The van der Waals surface area contributed by atoms with Crippen molar-refractivity contribution in [2.24, 2.45) is 0 Å². The van der Waals surface area contributed by atoms with Gasteiger partial charge in [0.15, 0.2) is 4.98 Å². The van der Waals surface area contributed by atoms with Crippen LogP contribution in [0.4, 0.5) is 11.4 Å². The first-order valence-corrected chi connectivity index (χ1v) is 5.00. The molecule has 0 aliphatic heterocycles. The molecule has 19 heavy (non-hydrogen) atoms. The molecule has 0 unspecified atom stereocenters. The molecule has 0 N–H and O–H groups in total. The third kappa shape index (κ3) is 9.13. The van der Waals surface area contributed by atoms with Crippen molar-refractivity contribution < 1.29 is 69.1 Å². The van der Waals surface area contributed by atoms with Crippen molar-refractivity contribution in [3.05, 3.63) is 28.2 Å². The van der Waals surface area contributed by atoms with E-state index in [9.17, 15) is 0 Å². The van der Waals surface area contributed by atoms with Gasteiger partial charge in [-0.2, -0.15) is 0 Å². The van der Waals surface area contributed by atoms with Crippen molar-refractivity contribution in [2.45, 2.75) is 13.8 Å². The summed E-state index contributed by atoms with van der Waals surface area (Å²) in [7, 11) is 0. The molecule has 0 spiro atoms. The fourth-order valence-electron chi connectivity index (χ4n) is 1.36. The van der Waals surface area contributed by atoms with Gasteiger partial charge in [0.05, 0.1) is 0 Å². The Morgan fingerprint density at radius 2 is 1.58 bits per heavy atom. The molecule has 1 rings (SSSR count). The summed E-state index contributed by atoms with van der Waals surface area (Å²) in [6.45, 7) is 6.04. The molecule has 1 aromatic carbocycles. The number of halogens is 5. The predicted octanol–water partition coefficient (Wildman–Crippen LogP) is -8.32. The largest absolute Gasteiger partial charge is 2.00 e. The van der Waals surface area contributed by atoms with Crippen LogP contribution in [0.15, 0.2) is 18.2 Å². The van der Waals surface area contributed by atoms with Gasteiger partial charge < -0.3 is 54.5 Å². The first-order valence-electron chi connectivity index (χ1n) is 4.62. The van der Waals surface area contributed by atoms with Crippen molar-refractivity contribution >= 4 is 23.0 Å². The Kier molecular flexibility index (Phi) is 27.7. The molecule has 106 valence electrons. The van der Waals surface area contributed by atoms with Gasteiger partial charge in [-0.1, -0.05) is 11.6 Å². The summed E-state index contributed by atoms with van der Waals surface area (Å²) < 4.78 is 0. The van der Waals surface area contributed by atoms with E-state index in [-0.39, 0.29) is 69.1 Å². The van der Waals surface area contributed by atoms with E-state index in [1.807, 2.05) is 12.1 Å². The van der Waals surface area contributed by atoms with Crippen LogP contribution in [0.3, 0.4) is 0 Å². The Labute approximate surface area is 156 Å². The van der Waals surface area contributed by atoms with Gasteiger partial charge in [0, 0.05) is 24.8 Å². The molecule has 0 aliphatic rings. The monoisotopic (exact) mass is 414 g/mol. The van der Waals surface area contributed by atoms with Crippen LogP contribution < -0.4 is 54.5 Å². The summed E-state index contributed by atoms with van der Waals surface area (Å²) in [5, 5.41) is 9.06. The van der Waals surface area contributed by atoms with E-state index in [4.69, 9.17) is 17.0 Å². The van der Waals surface area contributed by atoms with Gasteiger partial charge in [-0.15, -0.1) is 0 Å². The molecular weight excluding hydrogens is 405 g/mol. The maximum atomic E-state index is 8.59. The normalized spacial score (nSPS) is 7.05. The fourth-order valence-corrected chi connectivity index (χ4v) is 1.57. The minimum absolute atomic E-state index is 0. The van der Waals surface area contributed by atoms with E-state index in [0.717, 1.165) is 18.8 Å². The smallest absolute Gasteiger partial charge is 1.00 e. The first-order chi connectivity index (χ1) is 6.72. The topological polar surface area (TPSA) is 31.4 Å². The number of nitrogens with zero attached hydrogens (tertiary/aromatic N) is 3. The zero-order valence-corrected chi connectivity index (χ0v) is 17.3. The Balaban J connectivity index is -0.000000131. The summed E-state index contributed by atoms with van der Waals surface area (Å²) in [4.78, 5) is 5.25. The Bertz CT molecular complexity index is 369. The minimum Gasteiger partial charge on any atom is -1.00 e.